The largest absolute Gasteiger partial charge is 0.443 e. The van der Waals surface area contributed by atoms with Gasteiger partial charge in [0.1, 0.15) is 5.60 Å². The van der Waals surface area contributed by atoms with E-state index >= 15 is 0 Å². The number of aliphatic hydroxyl groups is 1. The van der Waals surface area contributed by atoms with Gasteiger partial charge in [0.2, 0.25) is 0 Å². The molecule has 1 aliphatic rings. The van der Waals surface area contributed by atoms with Crippen LogP contribution in [0.1, 0.15) is 48.6 Å². The average Bonchev–Trinajstić information content (AvgIpc) is 3.31. The quantitative estimate of drug-likeness (QED) is 0.824. The highest BCUT2D eigenvalue weighted by Crippen LogP contribution is 2.18. The third kappa shape index (κ3) is 5.72. The van der Waals surface area contributed by atoms with Crippen molar-refractivity contribution in [2.24, 2.45) is 0 Å². The Kier molecular flexibility index (Phi) is 6.00. The minimum absolute atomic E-state index is 0.0575. The number of carbonyl (C=O) groups is 1. The highest BCUT2D eigenvalue weighted by atomic mass is 16.5. The van der Waals surface area contributed by atoms with Gasteiger partial charge in [-0.1, -0.05) is 36.3 Å². The summed E-state index contributed by atoms with van der Waals surface area (Å²) in [5, 5.41) is 9.70. The number of nitrogens with zero attached hydrogens (tertiary/aromatic N) is 1. The summed E-state index contributed by atoms with van der Waals surface area (Å²) in [5.41, 5.74) is -0.0618. The van der Waals surface area contributed by atoms with Gasteiger partial charge < -0.3 is 19.2 Å². The van der Waals surface area contributed by atoms with Gasteiger partial charge in [-0.15, -0.1) is 0 Å². The lowest BCUT2D eigenvalue weighted by Crippen LogP contribution is -2.36. The van der Waals surface area contributed by atoms with Crippen molar-refractivity contribution in [3.05, 3.63) is 59.5 Å². The van der Waals surface area contributed by atoms with E-state index in [4.69, 9.17) is 9.15 Å². The van der Waals surface area contributed by atoms with E-state index in [0.29, 0.717) is 18.8 Å². The van der Waals surface area contributed by atoms with Crippen molar-refractivity contribution in [1.29, 1.82) is 0 Å². The van der Waals surface area contributed by atoms with E-state index in [1.807, 2.05) is 30.3 Å². The summed E-state index contributed by atoms with van der Waals surface area (Å²) >= 11 is 0. The third-order valence-electron chi connectivity index (χ3n) is 4.26. The summed E-state index contributed by atoms with van der Waals surface area (Å²) in [6.07, 6.45) is 2.04. The van der Waals surface area contributed by atoms with Gasteiger partial charge >= 0.3 is 0 Å². The molecule has 1 aromatic heterocycles. The van der Waals surface area contributed by atoms with Crippen molar-refractivity contribution in [2.75, 3.05) is 13.2 Å². The number of hydrogen-bond donors (Lipinski definition) is 1. The summed E-state index contributed by atoms with van der Waals surface area (Å²) in [6, 6.07) is 13.2. The Balaban J connectivity index is 1.77. The number of rotatable bonds is 5. The number of furan rings is 1. The van der Waals surface area contributed by atoms with Crippen LogP contribution in [-0.2, 0) is 11.3 Å². The van der Waals surface area contributed by atoms with Crippen LogP contribution in [0.15, 0.2) is 46.9 Å². The van der Waals surface area contributed by atoms with E-state index in [-0.39, 0.29) is 17.8 Å². The molecule has 1 aromatic carbocycles. The molecule has 5 heteroatoms. The van der Waals surface area contributed by atoms with Gasteiger partial charge in [-0.25, -0.2) is 0 Å². The molecule has 2 heterocycles. The SMILES string of the molecule is CC(C)(O)C#Cc1ccc(C(=O)N(Cc2ccccc2)CC2CCCO2)o1. The maximum Gasteiger partial charge on any atom is 0.290 e. The van der Waals surface area contributed by atoms with E-state index in [0.717, 1.165) is 25.0 Å². The molecule has 3 rings (SSSR count). The molecule has 5 nitrogen and oxygen atoms in total. The van der Waals surface area contributed by atoms with Crippen LogP contribution in [0, 0.1) is 11.8 Å². The molecule has 0 bridgehead atoms. The first-order chi connectivity index (χ1) is 12.9. The van der Waals surface area contributed by atoms with Gasteiger partial charge in [-0.3, -0.25) is 4.79 Å². The van der Waals surface area contributed by atoms with Crippen molar-refractivity contribution < 1.29 is 19.1 Å². The van der Waals surface area contributed by atoms with Crippen LogP contribution in [0.2, 0.25) is 0 Å². The Morgan fingerprint density at radius 3 is 2.70 bits per heavy atom. The third-order valence-corrected chi connectivity index (χ3v) is 4.26. The minimum atomic E-state index is -1.11. The Bertz CT molecular complexity index is 817. The molecule has 1 fully saturated rings. The first-order valence-corrected chi connectivity index (χ1v) is 9.21. The van der Waals surface area contributed by atoms with Gasteiger partial charge in [0.15, 0.2) is 11.5 Å². The van der Waals surface area contributed by atoms with Crippen LogP contribution >= 0.6 is 0 Å². The zero-order chi connectivity index (χ0) is 19.3. The summed E-state index contributed by atoms with van der Waals surface area (Å²) < 4.78 is 11.3. The van der Waals surface area contributed by atoms with Crippen LogP contribution in [0.25, 0.3) is 0 Å². The lowest BCUT2D eigenvalue weighted by molar-refractivity contribution is 0.0483. The standard InChI is InChI=1S/C22H25NO4/c1-22(2,25)13-12-18-10-11-20(27-18)21(24)23(16-19-9-6-14-26-19)15-17-7-4-3-5-8-17/h3-5,7-8,10-11,19,25H,6,9,14-16H2,1-2H3. The van der Waals surface area contributed by atoms with Crippen molar-refractivity contribution in [1.82, 2.24) is 4.90 Å². The number of benzene rings is 1. The predicted octanol–water partition coefficient (Wildman–Crippen LogP) is 3.22. The predicted molar refractivity (Wildman–Crippen MR) is 102 cm³/mol. The molecule has 0 aliphatic carbocycles. The maximum atomic E-state index is 13.0. The molecule has 2 aromatic rings. The lowest BCUT2D eigenvalue weighted by Gasteiger charge is -2.24. The van der Waals surface area contributed by atoms with Crippen LogP contribution in [0.4, 0.5) is 0 Å². The monoisotopic (exact) mass is 367 g/mol. The Hall–Kier alpha value is -2.55. The first-order valence-electron chi connectivity index (χ1n) is 9.21. The van der Waals surface area contributed by atoms with E-state index in [1.54, 1.807) is 30.9 Å². The zero-order valence-corrected chi connectivity index (χ0v) is 15.8. The van der Waals surface area contributed by atoms with Crippen molar-refractivity contribution in [3.8, 4) is 11.8 Å². The summed E-state index contributed by atoms with van der Waals surface area (Å²) in [4.78, 5) is 14.8. The van der Waals surface area contributed by atoms with Crippen LogP contribution < -0.4 is 0 Å². The van der Waals surface area contributed by atoms with Crippen molar-refractivity contribution >= 4 is 5.91 Å². The van der Waals surface area contributed by atoms with Gasteiger partial charge in [0, 0.05) is 19.7 Å². The Morgan fingerprint density at radius 1 is 1.26 bits per heavy atom. The molecule has 142 valence electrons. The van der Waals surface area contributed by atoms with Gasteiger partial charge in [-0.2, -0.15) is 0 Å². The lowest BCUT2D eigenvalue weighted by atomic mass is 10.1. The molecule has 1 atom stereocenters. The average molecular weight is 367 g/mol. The smallest absolute Gasteiger partial charge is 0.290 e. The van der Waals surface area contributed by atoms with Gasteiger partial charge in [-0.05, 0) is 50.3 Å². The highest BCUT2D eigenvalue weighted by molar-refractivity contribution is 5.91. The molecule has 1 N–H and O–H groups in total. The number of hydrogen-bond acceptors (Lipinski definition) is 4. The summed E-state index contributed by atoms with van der Waals surface area (Å²) in [5.74, 6) is 5.85. The van der Waals surface area contributed by atoms with Gasteiger partial charge in [0.25, 0.3) is 5.91 Å². The molecular formula is C22H25NO4. The number of amides is 1. The van der Waals surface area contributed by atoms with Gasteiger partial charge in [0.05, 0.1) is 6.10 Å². The summed E-state index contributed by atoms with van der Waals surface area (Å²) in [7, 11) is 0. The Labute approximate surface area is 159 Å². The van der Waals surface area contributed by atoms with E-state index < -0.39 is 5.60 Å². The second kappa shape index (κ2) is 8.43. The maximum absolute atomic E-state index is 13.0. The molecule has 0 radical (unpaired) electrons. The van der Waals surface area contributed by atoms with Crippen molar-refractivity contribution in [3.63, 3.8) is 0 Å². The highest BCUT2D eigenvalue weighted by Gasteiger charge is 2.25. The summed E-state index contributed by atoms with van der Waals surface area (Å²) in [6.45, 7) is 4.95. The Morgan fingerprint density at radius 2 is 2.04 bits per heavy atom. The molecule has 1 aliphatic heterocycles. The fraction of sp³-hybridized carbons (Fsp3) is 0.409. The fourth-order valence-electron chi connectivity index (χ4n) is 2.95. The molecule has 27 heavy (non-hydrogen) atoms. The molecule has 0 saturated carbocycles. The van der Waals surface area contributed by atoms with Crippen LogP contribution in [0.3, 0.4) is 0 Å². The number of carbonyl (C=O) groups excluding carboxylic acids is 1. The second-order valence-electron chi connectivity index (χ2n) is 7.28. The molecule has 1 amide bonds. The molecule has 1 unspecified atom stereocenters. The topological polar surface area (TPSA) is 62.9 Å². The van der Waals surface area contributed by atoms with E-state index in [9.17, 15) is 9.90 Å². The van der Waals surface area contributed by atoms with E-state index in [2.05, 4.69) is 11.8 Å². The van der Waals surface area contributed by atoms with Crippen molar-refractivity contribution in [2.45, 2.75) is 44.9 Å². The normalized spacial score (nSPS) is 16.6. The second-order valence-corrected chi connectivity index (χ2v) is 7.28. The molecule has 0 spiro atoms. The van der Waals surface area contributed by atoms with E-state index in [1.165, 1.54) is 0 Å². The molecule has 1 saturated heterocycles. The first kappa shape index (κ1) is 19.2. The fourth-order valence-corrected chi connectivity index (χ4v) is 2.95. The number of ether oxygens (including phenoxy) is 1. The minimum Gasteiger partial charge on any atom is -0.443 e. The van der Waals surface area contributed by atoms with Crippen LogP contribution in [0.5, 0.6) is 0 Å². The zero-order valence-electron chi connectivity index (χ0n) is 15.8. The molecular weight excluding hydrogens is 342 g/mol. The van der Waals surface area contributed by atoms with Crippen LogP contribution in [-0.4, -0.2) is 40.8 Å².